The Morgan fingerprint density at radius 3 is 1.80 bits per heavy atom. The number of nitrogens with zero attached hydrogens (tertiary/aromatic N) is 1. The van der Waals surface area contributed by atoms with E-state index in [2.05, 4.69) is 15.6 Å². The number of rotatable bonds is 18. The average Bonchev–Trinajstić information content (AvgIpc) is 2.97. The van der Waals surface area contributed by atoms with Gasteiger partial charge in [0.1, 0.15) is 5.71 Å². The molecule has 40 heavy (non-hydrogen) atoms. The molecule has 0 heterocycles. The first kappa shape index (κ1) is 30.9. The van der Waals surface area contributed by atoms with Gasteiger partial charge < -0.3 is 30.7 Å². The molecule has 1 aliphatic carbocycles. The van der Waals surface area contributed by atoms with Crippen LogP contribution in [0.5, 0.6) is 0 Å². The van der Waals surface area contributed by atoms with Crippen molar-refractivity contribution in [2.45, 2.75) is 57.8 Å². The number of aliphatic hydroxyl groups is 3. The SMILES string of the molecule is COC1=C(O)C(Cc2ccc(NCCCCCCO)cc2)=CC(=Nc2ccc(NCCCCCCO)cc2)C1=O. The first-order chi connectivity index (χ1) is 19.5. The van der Waals surface area contributed by atoms with E-state index in [4.69, 9.17) is 14.9 Å². The summed E-state index contributed by atoms with van der Waals surface area (Å²) in [5, 5.41) is 35.3. The normalized spacial score (nSPS) is 14.4. The third-order valence-corrected chi connectivity index (χ3v) is 6.77. The van der Waals surface area contributed by atoms with Crippen molar-refractivity contribution < 1.29 is 24.9 Å². The highest BCUT2D eigenvalue weighted by Crippen LogP contribution is 2.26. The molecule has 0 aromatic heterocycles. The van der Waals surface area contributed by atoms with E-state index in [0.717, 1.165) is 81.4 Å². The number of nitrogens with one attached hydrogen (secondary N) is 2. The Labute approximate surface area is 237 Å². The highest BCUT2D eigenvalue weighted by Gasteiger charge is 2.28. The van der Waals surface area contributed by atoms with Gasteiger partial charge in [-0.15, -0.1) is 0 Å². The van der Waals surface area contributed by atoms with Crippen molar-refractivity contribution >= 4 is 28.6 Å². The molecule has 2 aromatic carbocycles. The van der Waals surface area contributed by atoms with Gasteiger partial charge in [-0.2, -0.15) is 0 Å². The van der Waals surface area contributed by atoms with Crippen molar-refractivity contribution in [1.29, 1.82) is 0 Å². The van der Waals surface area contributed by atoms with Gasteiger partial charge >= 0.3 is 0 Å². The number of carbonyl (C=O) groups is 1. The molecule has 8 nitrogen and oxygen atoms in total. The second kappa shape index (κ2) is 17.2. The van der Waals surface area contributed by atoms with Gasteiger partial charge in [0.15, 0.2) is 5.76 Å². The molecule has 0 saturated heterocycles. The molecule has 0 atom stereocenters. The minimum Gasteiger partial charge on any atom is -0.504 e. The summed E-state index contributed by atoms with van der Waals surface area (Å²) in [6, 6.07) is 15.6. The lowest BCUT2D eigenvalue weighted by Gasteiger charge is -2.17. The van der Waals surface area contributed by atoms with Gasteiger partial charge in [0, 0.05) is 49.7 Å². The Kier molecular flexibility index (Phi) is 13.3. The highest BCUT2D eigenvalue weighted by atomic mass is 16.5. The van der Waals surface area contributed by atoms with Crippen LogP contribution in [0.2, 0.25) is 0 Å². The summed E-state index contributed by atoms with van der Waals surface area (Å²) in [5.41, 5.74) is 4.41. The van der Waals surface area contributed by atoms with Crippen LogP contribution in [-0.4, -0.2) is 60.2 Å². The lowest BCUT2D eigenvalue weighted by Crippen LogP contribution is -2.23. The van der Waals surface area contributed by atoms with Crippen molar-refractivity contribution in [2.24, 2.45) is 4.99 Å². The summed E-state index contributed by atoms with van der Waals surface area (Å²) in [7, 11) is 1.37. The van der Waals surface area contributed by atoms with E-state index >= 15 is 0 Å². The quantitative estimate of drug-likeness (QED) is 0.117. The third-order valence-electron chi connectivity index (χ3n) is 6.77. The van der Waals surface area contributed by atoms with E-state index < -0.39 is 5.78 Å². The Morgan fingerprint density at radius 2 is 1.27 bits per heavy atom. The van der Waals surface area contributed by atoms with Crippen LogP contribution >= 0.6 is 0 Å². The molecule has 0 radical (unpaired) electrons. The predicted octanol–water partition coefficient (Wildman–Crippen LogP) is 5.86. The zero-order chi connectivity index (χ0) is 28.6. The van der Waals surface area contributed by atoms with Crippen molar-refractivity contribution in [3.05, 3.63) is 77.3 Å². The standard InChI is InChI=1S/C32H43N3O5/c1-40-32-30(38)25(22-24-10-12-26(13-11-24)33-18-6-2-4-8-20-36)23-29(31(32)39)35-28-16-14-27(15-17-28)34-19-7-3-5-9-21-37/h10-17,23,33-34,36-38H,2-9,18-22H2,1H3. The fraction of sp³-hybridized carbons (Fsp3) is 0.438. The first-order valence-corrected chi connectivity index (χ1v) is 14.3. The molecule has 0 aliphatic heterocycles. The van der Waals surface area contributed by atoms with E-state index in [9.17, 15) is 9.90 Å². The molecule has 0 saturated carbocycles. The van der Waals surface area contributed by atoms with E-state index in [0.29, 0.717) is 17.7 Å². The summed E-state index contributed by atoms with van der Waals surface area (Å²) < 4.78 is 5.26. The minimum atomic E-state index is -0.452. The Morgan fingerprint density at radius 1 is 0.750 bits per heavy atom. The molecule has 0 amide bonds. The molecule has 5 N–H and O–H groups in total. The number of carbonyl (C=O) groups excluding carboxylic acids is 1. The number of anilines is 2. The zero-order valence-corrected chi connectivity index (χ0v) is 23.5. The van der Waals surface area contributed by atoms with E-state index in [-0.39, 0.29) is 30.4 Å². The number of ether oxygens (including phenoxy) is 1. The summed E-state index contributed by atoms with van der Waals surface area (Å²) >= 11 is 0. The van der Waals surface area contributed by atoms with E-state index in [1.165, 1.54) is 7.11 Å². The Balaban J connectivity index is 1.62. The van der Waals surface area contributed by atoms with Crippen molar-refractivity contribution in [1.82, 2.24) is 0 Å². The van der Waals surface area contributed by atoms with Crippen LogP contribution in [0, 0.1) is 0 Å². The largest absolute Gasteiger partial charge is 0.504 e. The van der Waals surface area contributed by atoms with Gasteiger partial charge in [0.05, 0.1) is 12.8 Å². The van der Waals surface area contributed by atoms with Gasteiger partial charge in [-0.05, 0) is 73.7 Å². The number of hydrogen-bond donors (Lipinski definition) is 5. The van der Waals surface area contributed by atoms with Crippen molar-refractivity contribution in [3.63, 3.8) is 0 Å². The second-order valence-corrected chi connectivity index (χ2v) is 9.93. The zero-order valence-electron chi connectivity index (χ0n) is 23.5. The van der Waals surface area contributed by atoms with Crippen LogP contribution < -0.4 is 10.6 Å². The molecule has 3 rings (SSSR count). The van der Waals surface area contributed by atoms with E-state index in [1.807, 2.05) is 48.5 Å². The average molecular weight is 550 g/mol. The number of unbranched alkanes of at least 4 members (excludes halogenated alkanes) is 6. The van der Waals surface area contributed by atoms with Crippen molar-refractivity contribution in [2.75, 3.05) is 44.0 Å². The lowest BCUT2D eigenvalue weighted by atomic mass is 9.95. The van der Waals surface area contributed by atoms with Crippen molar-refractivity contribution in [3.8, 4) is 0 Å². The molecular weight excluding hydrogens is 506 g/mol. The Hall–Kier alpha value is -3.62. The van der Waals surface area contributed by atoms with Gasteiger partial charge in [-0.1, -0.05) is 37.8 Å². The van der Waals surface area contributed by atoms with Crippen LogP contribution in [-0.2, 0) is 16.0 Å². The van der Waals surface area contributed by atoms with Crippen LogP contribution in [0.4, 0.5) is 17.1 Å². The number of ketones is 1. The number of allylic oxidation sites excluding steroid dienone is 3. The summed E-state index contributed by atoms with van der Waals surface area (Å²) in [6.45, 7) is 2.23. The maximum absolute atomic E-state index is 12.9. The minimum absolute atomic E-state index is 0.102. The van der Waals surface area contributed by atoms with Gasteiger partial charge in [0.25, 0.3) is 0 Å². The molecule has 1 aliphatic rings. The highest BCUT2D eigenvalue weighted by molar-refractivity contribution is 6.50. The van der Waals surface area contributed by atoms with Gasteiger partial charge in [0.2, 0.25) is 11.5 Å². The number of Topliss-reactive ketones (excluding diaryl/α,β-unsaturated/α-hetero) is 1. The van der Waals surface area contributed by atoms with E-state index in [1.54, 1.807) is 6.08 Å². The molecule has 8 heteroatoms. The smallest absolute Gasteiger partial charge is 0.249 e. The molecule has 2 aromatic rings. The number of aliphatic imine (C=N–C) groups is 1. The molecule has 0 fully saturated rings. The third kappa shape index (κ3) is 9.84. The number of aliphatic hydroxyl groups excluding tert-OH is 3. The fourth-order valence-corrected chi connectivity index (χ4v) is 4.48. The molecular formula is C32H43N3O5. The summed E-state index contributed by atoms with van der Waals surface area (Å²) in [6.07, 6.45) is 10.1. The maximum Gasteiger partial charge on any atom is 0.249 e. The monoisotopic (exact) mass is 549 g/mol. The van der Waals surface area contributed by atoms with Crippen LogP contribution in [0.3, 0.4) is 0 Å². The molecule has 0 bridgehead atoms. The number of methoxy groups -OCH3 is 1. The van der Waals surface area contributed by atoms with Gasteiger partial charge in [-0.25, -0.2) is 4.99 Å². The summed E-state index contributed by atoms with van der Waals surface area (Å²) in [4.78, 5) is 17.5. The topological polar surface area (TPSA) is 123 Å². The van der Waals surface area contributed by atoms with Gasteiger partial charge in [-0.3, -0.25) is 4.79 Å². The molecule has 216 valence electrons. The Bertz CT molecular complexity index is 1150. The fourth-order valence-electron chi connectivity index (χ4n) is 4.48. The lowest BCUT2D eigenvalue weighted by molar-refractivity contribution is -0.112. The molecule has 0 unspecified atom stereocenters. The predicted molar refractivity (Wildman–Crippen MR) is 162 cm³/mol. The summed E-state index contributed by atoms with van der Waals surface area (Å²) in [5.74, 6) is -0.711. The van der Waals surface area contributed by atoms with Crippen LogP contribution in [0.1, 0.15) is 56.9 Å². The second-order valence-electron chi connectivity index (χ2n) is 9.93. The van der Waals surface area contributed by atoms with Crippen LogP contribution in [0.25, 0.3) is 0 Å². The maximum atomic E-state index is 12.9. The van der Waals surface area contributed by atoms with Crippen LogP contribution in [0.15, 0.2) is 76.7 Å². The number of hydrogen-bond acceptors (Lipinski definition) is 8. The first-order valence-electron chi connectivity index (χ1n) is 14.3. The molecule has 0 spiro atoms. The number of benzene rings is 2.